The number of anilines is 1. The molecule has 2 atom stereocenters. The predicted octanol–water partition coefficient (Wildman–Crippen LogP) is 4.58. The van der Waals surface area contributed by atoms with Gasteiger partial charge in [-0.1, -0.05) is 61.4 Å². The van der Waals surface area contributed by atoms with E-state index in [0.717, 1.165) is 5.84 Å². The molecule has 3 aliphatic rings. The largest absolute Gasteiger partial charge is 0.306 e. The summed E-state index contributed by atoms with van der Waals surface area (Å²) in [7, 11) is 0. The standard InChI is InChI=1S/C25H32N4/c1-5-13-21(14-6-1)23-26-24(27-17-9-3-10-18-27)25(28-19-11-4-12-20-28)29(23)22-15-7-2-8-16-22/h1-2,5-8,13-16,24-25H,3-4,9-12,17-20H2/t24-,25+/m0/s1. The third-order valence-electron chi connectivity index (χ3n) is 6.61. The van der Waals surface area contributed by atoms with Gasteiger partial charge < -0.3 is 4.90 Å². The van der Waals surface area contributed by atoms with Crippen LogP contribution in [0.1, 0.15) is 44.1 Å². The average Bonchev–Trinajstić information content (AvgIpc) is 3.22. The molecule has 5 rings (SSSR count). The van der Waals surface area contributed by atoms with Gasteiger partial charge in [-0.25, -0.2) is 4.99 Å². The molecule has 152 valence electrons. The van der Waals surface area contributed by atoms with Crippen molar-refractivity contribution in [2.75, 3.05) is 31.1 Å². The zero-order valence-electron chi connectivity index (χ0n) is 17.3. The number of benzene rings is 2. The van der Waals surface area contributed by atoms with Crippen LogP contribution in [0.15, 0.2) is 65.7 Å². The molecule has 0 saturated carbocycles. The van der Waals surface area contributed by atoms with Crippen molar-refractivity contribution >= 4 is 11.5 Å². The molecule has 0 radical (unpaired) electrons. The topological polar surface area (TPSA) is 22.1 Å². The lowest BCUT2D eigenvalue weighted by Gasteiger charge is -2.44. The number of likely N-dealkylation sites (tertiary alicyclic amines) is 2. The summed E-state index contributed by atoms with van der Waals surface area (Å²) in [4.78, 5) is 13.3. The highest BCUT2D eigenvalue weighted by Gasteiger charge is 2.44. The molecule has 0 N–H and O–H groups in total. The van der Waals surface area contributed by atoms with Crippen molar-refractivity contribution in [2.45, 2.75) is 50.9 Å². The zero-order valence-corrected chi connectivity index (χ0v) is 17.3. The molecule has 0 aromatic heterocycles. The number of nitrogens with zero attached hydrogens (tertiary/aromatic N) is 4. The molecule has 3 aliphatic heterocycles. The second kappa shape index (κ2) is 8.68. The van der Waals surface area contributed by atoms with Crippen LogP contribution < -0.4 is 4.90 Å². The van der Waals surface area contributed by atoms with Crippen molar-refractivity contribution in [3.05, 3.63) is 66.2 Å². The van der Waals surface area contributed by atoms with Crippen molar-refractivity contribution in [3.8, 4) is 0 Å². The normalized spacial score (nSPS) is 26.5. The molecular formula is C25H32N4. The smallest absolute Gasteiger partial charge is 0.139 e. The van der Waals surface area contributed by atoms with Crippen molar-refractivity contribution < 1.29 is 0 Å². The fourth-order valence-electron chi connectivity index (χ4n) is 5.17. The summed E-state index contributed by atoms with van der Waals surface area (Å²) in [5.41, 5.74) is 2.48. The maximum Gasteiger partial charge on any atom is 0.139 e. The third kappa shape index (κ3) is 3.84. The maximum atomic E-state index is 5.42. The van der Waals surface area contributed by atoms with Gasteiger partial charge in [0.15, 0.2) is 0 Å². The van der Waals surface area contributed by atoms with E-state index in [0.29, 0.717) is 0 Å². The Morgan fingerprint density at radius 3 is 1.79 bits per heavy atom. The van der Waals surface area contributed by atoms with Gasteiger partial charge in [0.1, 0.15) is 18.2 Å². The first-order valence-corrected chi connectivity index (χ1v) is 11.4. The lowest BCUT2D eigenvalue weighted by molar-refractivity contribution is 0.0696. The highest BCUT2D eigenvalue weighted by molar-refractivity contribution is 6.11. The van der Waals surface area contributed by atoms with E-state index < -0.39 is 0 Å². The highest BCUT2D eigenvalue weighted by Crippen LogP contribution is 2.34. The molecule has 2 aromatic rings. The van der Waals surface area contributed by atoms with Crippen LogP contribution in [0, 0.1) is 0 Å². The monoisotopic (exact) mass is 388 g/mol. The van der Waals surface area contributed by atoms with E-state index in [2.05, 4.69) is 75.4 Å². The Kier molecular flexibility index (Phi) is 5.64. The maximum absolute atomic E-state index is 5.42. The number of hydrogen-bond donors (Lipinski definition) is 0. The number of rotatable bonds is 4. The SMILES string of the molecule is c1ccc(C2=N[C@@H](N3CCCCC3)[C@H](N3CCCCC3)N2c2ccccc2)cc1. The van der Waals surface area contributed by atoms with E-state index in [1.54, 1.807) is 0 Å². The summed E-state index contributed by atoms with van der Waals surface area (Å²) < 4.78 is 0. The molecule has 2 aromatic carbocycles. The quantitative estimate of drug-likeness (QED) is 0.766. The van der Waals surface area contributed by atoms with E-state index in [9.17, 15) is 0 Å². The van der Waals surface area contributed by atoms with Gasteiger partial charge in [-0.15, -0.1) is 0 Å². The van der Waals surface area contributed by atoms with Crippen LogP contribution in [0.25, 0.3) is 0 Å². The van der Waals surface area contributed by atoms with Gasteiger partial charge in [-0.3, -0.25) is 9.80 Å². The summed E-state index contributed by atoms with van der Waals surface area (Å²) in [5, 5.41) is 0. The Labute approximate surface area is 174 Å². The number of hydrogen-bond acceptors (Lipinski definition) is 4. The summed E-state index contributed by atoms with van der Waals surface area (Å²) in [6.45, 7) is 4.69. The molecule has 4 heteroatoms. The number of aliphatic imine (C=N–C) groups is 1. The Morgan fingerprint density at radius 2 is 1.17 bits per heavy atom. The second-order valence-electron chi connectivity index (χ2n) is 8.54. The van der Waals surface area contributed by atoms with E-state index in [1.165, 1.54) is 76.0 Å². The van der Waals surface area contributed by atoms with Gasteiger partial charge in [-0.2, -0.15) is 0 Å². The van der Waals surface area contributed by atoms with Gasteiger partial charge >= 0.3 is 0 Å². The second-order valence-corrected chi connectivity index (χ2v) is 8.54. The molecule has 29 heavy (non-hydrogen) atoms. The molecular weight excluding hydrogens is 356 g/mol. The van der Waals surface area contributed by atoms with E-state index in [-0.39, 0.29) is 12.3 Å². The minimum absolute atomic E-state index is 0.212. The summed E-state index contributed by atoms with van der Waals surface area (Å²) in [6.07, 6.45) is 8.40. The fraction of sp³-hybridized carbons (Fsp3) is 0.480. The first-order valence-electron chi connectivity index (χ1n) is 11.4. The van der Waals surface area contributed by atoms with Gasteiger partial charge in [-0.05, 0) is 37.8 Å². The van der Waals surface area contributed by atoms with E-state index in [1.807, 2.05) is 0 Å². The van der Waals surface area contributed by atoms with Gasteiger partial charge in [0.2, 0.25) is 0 Å². The fourth-order valence-corrected chi connectivity index (χ4v) is 5.17. The van der Waals surface area contributed by atoms with Crippen molar-refractivity contribution in [3.63, 3.8) is 0 Å². The van der Waals surface area contributed by atoms with Crippen molar-refractivity contribution in [1.82, 2.24) is 9.80 Å². The molecule has 2 fully saturated rings. The van der Waals surface area contributed by atoms with Crippen molar-refractivity contribution in [2.24, 2.45) is 4.99 Å². The molecule has 3 heterocycles. The van der Waals surface area contributed by atoms with Crippen LogP contribution >= 0.6 is 0 Å². The van der Waals surface area contributed by atoms with E-state index in [4.69, 9.17) is 4.99 Å². The molecule has 2 saturated heterocycles. The Balaban J connectivity index is 1.59. The lowest BCUT2D eigenvalue weighted by Crippen LogP contribution is -2.58. The lowest BCUT2D eigenvalue weighted by atomic mass is 10.1. The minimum Gasteiger partial charge on any atom is -0.306 e. The molecule has 0 aliphatic carbocycles. The van der Waals surface area contributed by atoms with Gasteiger partial charge in [0.05, 0.1) is 0 Å². The number of amidine groups is 1. The number of piperidine rings is 2. The Bertz CT molecular complexity index is 807. The Hall–Kier alpha value is -2.17. The summed E-state index contributed by atoms with van der Waals surface area (Å²) in [5.74, 6) is 1.13. The Morgan fingerprint density at radius 1 is 0.621 bits per heavy atom. The van der Waals surface area contributed by atoms with Crippen LogP contribution in [-0.4, -0.2) is 54.1 Å². The first kappa shape index (κ1) is 18.8. The average molecular weight is 389 g/mol. The van der Waals surface area contributed by atoms with Crippen LogP contribution in [0.3, 0.4) is 0 Å². The van der Waals surface area contributed by atoms with Gasteiger partial charge in [0, 0.05) is 37.4 Å². The highest BCUT2D eigenvalue weighted by atomic mass is 15.5. The molecule has 0 amide bonds. The van der Waals surface area contributed by atoms with Crippen LogP contribution in [0.5, 0.6) is 0 Å². The first-order chi connectivity index (χ1) is 14.4. The molecule has 0 bridgehead atoms. The van der Waals surface area contributed by atoms with Crippen molar-refractivity contribution in [1.29, 1.82) is 0 Å². The van der Waals surface area contributed by atoms with Crippen LogP contribution in [-0.2, 0) is 0 Å². The van der Waals surface area contributed by atoms with Crippen LogP contribution in [0.2, 0.25) is 0 Å². The molecule has 0 unspecified atom stereocenters. The van der Waals surface area contributed by atoms with Gasteiger partial charge in [0.25, 0.3) is 0 Å². The molecule has 0 spiro atoms. The summed E-state index contributed by atoms with van der Waals surface area (Å²) in [6, 6.07) is 21.7. The van der Waals surface area contributed by atoms with E-state index >= 15 is 0 Å². The zero-order chi connectivity index (χ0) is 19.5. The number of para-hydroxylation sites is 1. The summed E-state index contributed by atoms with van der Waals surface area (Å²) >= 11 is 0. The minimum atomic E-state index is 0.212. The molecule has 4 nitrogen and oxygen atoms in total. The third-order valence-corrected chi connectivity index (χ3v) is 6.61. The van der Waals surface area contributed by atoms with Crippen LogP contribution in [0.4, 0.5) is 5.69 Å². The predicted molar refractivity (Wildman–Crippen MR) is 120 cm³/mol.